The summed E-state index contributed by atoms with van der Waals surface area (Å²) in [5, 5.41) is 12.0. The molecule has 1 atom stereocenters. The summed E-state index contributed by atoms with van der Waals surface area (Å²) in [7, 11) is 0. The lowest BCUT2D eigenvalue weighted by atomic mass is 9.95. The molecule has 2 heterocycles. The third-order valence-corrected chi connectivity index (χ3v) is 2.90. The van der Waals surface area contributed by atoms with Gasteiger partial charge in [-0.1, -0.05) is 0 Å². The van der Waals surface area contributed by atoms with Crippen LogP contribution in [0.15, 0.2) is 16.9 Å². The van der Waals surface area contributed by atoms with Crippen molar-refractivity contribution in [2.45, 2.75) is 18.8 Å². The number of rotatable bonds is 2. The molecule has 1 aliphatic heterocycles. The van der Waals surface area contributed by atoms with Gasteiger partial charge in [0.05, 0.1) is 0 Å². The highest BCUT2D eigenvalue weighted by atomic mass is 16.4. The molecule has 0 saturated carbocycles. The number of aromatic carboxylic acids is 1. The Labute approximate surface area is 92.5 Å². The minimum Gasteiger partial charge on any atom is -0.477 e. The summed E-state index contributed by atoms with van der Waals surface area (Å²) >= 11 is 0. The number of carboxylic acid groups (broad SMARTS) is 1. The summed E-state index contributed by atoms with van der Waals surface area (Å²) < 4.78 is 0. The largest absolute Gasteiger partial charge is 0.477 e. The normalized spacial score (nSPS) is 20.6. The predicted octanol–water partition coefficient (Wildman–Crippen LogP) is 0.540. The summed E-state index contributed by atoms with van der Waals surface area (Å²) in [6.45, 7) is 1.84. The van der Waals surface area contributed by atoms with Crippen molar-refractivity contribution in [3.63, 3.8) is 0 Å². The van der Waals surface area contributed by atoms with Gasteiger partial charge >= 0.3 is 5.97 Å². The average molecular weight is 222 g/mol. The Morgan fingerprint density at radius 1 is 1.44 bits per heavy atom. The van der Waals surface area contributed by atoms with Crippen molar-refractivity contribution < 1.29 is 9.90 Å². The Balaban J connectivity index is 2.26. The van der Waals surface area contributed by atoms with E-state index in [0.29, 0.717) is 0 Å². The molecule has 1 saturated heterocycles. The van der Waals surface area contributed by atoms with Crippen molar-refractivity contribution in [2.75, 3.05) is 13.1 Å². The maximum atomic E-state index is 11.5. The second kappa shape index (κ2) is 4.49. The summed E-state index contributed by atoms with van der Waals surface area (Å²) in [5.74, 6) is -0.904. The van der Waals surface area contributed by atoms with E-state index in [1.54, 1.807) is 6.07 Å². The minimum absolute atomic E-state index is 0.201. The molecule has 0 radical (unpaired) electrons. The maximum absolute atomic E-state index is 11.5. The monoisotopic (exact) mass is 222 g/mol. The molecular weight excluding hydrogens is 208 g/mol. The first-order chi connectivity index (χ1) is 7.68. The summed E-state index contributed by atoms with van der Waals surface area (Å²) in [5.41, 5.74) is 0.102. The molecule has 5 nitrogen and oxygen atoms in total. The standard InChI is InChI=1S/C11H14N2O3/c14-10-8(11(15)16)3-4-9(13-10)7-2-1-5-12-6-7/h3-4,7,12H,1-2,5-6H2,(H,13,14)(H,15,16). The number of hydrogen-bond acceptors (Lipinski definition) is 3. The second-order valence-corrected chi connectivity index (χ2v) is 4.00. The van der Waals surface area contributed by atoms with Gasteiger partial charge in [0, 0.05) is 18.2 Å². The molecule has 86 valence electrons. The number of pyridine rings is 1. The van der Waals surface area contributed by atoms with Crippen molar-refractivity contribution in [1.29, 1.82) is 0 Å². The van der Waals surface area contributed by atoms with E-state index < -0.39 is 11.5 Å². The SMILES string of the molecule is O=C(O)c1ccc(C2CCCNC2)[nH]c1=O. The van der Waals surface area contributed by atoms with Gasteiger partial charge in [-0.2, -0.15) is 0 Å². The molecule has 0 bridgehead atoms. The molecular formula is C11H14N2O3. The van der Waals surface area contributed by atoms with Crippen LogP contribution in [0.4, 0.5) is 0 Å². The molecule has 0 aliphatic carbocycles. The Bertz CT molecular complexity index is 447. The topological polar surface area (TPSA) is 82.2 Å². The number of piperidine rings is 1. The van der Waals surface area contributed by atoms with Gasteiger partial charge in [0.2, 0.25) is 0 Å². The fourth-order valence-electron chi connectivity index (χ4n) is 2.01. The van der Waals surface area contributed by atoms with Crippen molar-refractivity contribution in [3.8, 4) is 0 Å². The lowest BCUT2D eigenvalue weighted by Crippen LogP contribution is -2.30. The molecule has 1 unspecified atom stereocenters. The summed E-state index contributed by atoms with van der Waals surface area (Å²) in [4.78, 5) is 24.8. The summed E-state index contributed by atoms with van der Waals surface area (Å²) in [6, 6.07) is 3.08. The highest BCUT2D eigenvalue weighted by Crippen LogP contribution is 2.20. The molecule has 1 fully saturated rings. The molecule has 5 heteroatoms. The molecule has 1 aliphatic rings. The van der Waals surface area contributed by atoms with Crippen LogP contribution in [0.5, 0.6) is 0 Å². The van der Waals surface area contributed by atoms with Crippen molar-refractivity contribution in [3.05, 3.63) is 33.7 Å². The summed E-state index contributed by atoms with van der Waals surface area (Å²) in [6.07, 6.45) is 2.10. The molecule has 1 aromatic heterocycles. The van der Waals surface area contributed by atoms with E-state index in [0.717, 1.165) is 31.6 Å². The van der Waals surface area contributed by atoms with Crippen LogP contribution in [-0.2, 0) is 0 Å². The van der Waals surface area contributed by atoms with Gasteiger partial charge in [0.1, 0.15) is 5.56 Å². The molecule has 16 heavy (non-hydrogen) atoms. The lowest BCUT2D eigenvalue weighted by Gasteiger charge is -2.22. The third kappa shape index (κ3) is 2.14. The number of carbonyl (C=O) groups is 1. The lowest BCUT2D eigenvalue weighted by molar-refractivity contribution is 0.0695. The fraction of sp³-hybridized carbons (Fsp3) is 0.455. The highest BCUT2D eigenvalue weighted by molar-refractivity contribution is 5.86. The predicted molar refractivity (Wildman–Crippen MR) is 58.9 cm³/mol. The van der Waals surface area contributed by atoms with Crippen molar-refractivity contribution >= 4 is 5.97 Å². The minimum atomic E-state index is -1.19. The van der Waals surface area contributed by atoms with Crippen LogP contribution in [0.1, 0.15) is 34.8 Å². The smallest absolute Gasteiger partial charge is 0.341 e. The molecule has 0 spiro atoms. The van der Waals surface area contributed by atoms with Gasteiger partial charge in [-0.3, -0.25) is 4.79 Å². The van der Waals surface area contributed by atoms with Crippen LogP contribution in [0.2, 0.25) is 0 Å². The zero-order valence-electron chi connectivity index (χ0n) is 8.82. The second-order valence-electron chi connectivity index (χ2n) is 4.00. The number of carboxylic acids is 1. The van der Waals surface area contributed by atoms with Crippen molar-refractivity contribution in [1.82, 2.24) is 10.3 Å². The number of nitrogens with one attached hydrogen (secondary N) is 2. The Hall–Kier alpha value is -1.62. The zero-order valence-corrected chi connectivity index (χ0v) is 8.82. The van der Waals surface area contributed by atoms with E-state index in [2.05, 4.69) is 10.3 Å². The van der Waals surface area contributed by atoms with E-state index in [-0.39, 0.29) is 11.5 Å². The van der Waals surface area contributed by atoms with Crippen LogP contribution in [0.3, 0.4) is 0 Å². The first-order valence-electron chi connectivity index (χ1n) is 5.35. The number of hydrogen-bond donors (Lipinski definition) is 3. The van der Waals surface area contributed by atoms with E-state index in [4.69, 9.17) is 5.11 Å². The van der Waals surface area contributed by atoms with Crippen LogP contribution in [0, 0.1) is 0 Å². The van der Waals surface area contributed by atoms with Gasteiger partial charge in [-0.05, 0) is 31.5 Å². The van der Waals surface area contributed by atoms with E-state index in [1.165, 1.54) is 6.07 Å². The fourth-order valence-corrected chi connectivity index (χ4v) is 2.01. The highest BCUT2D eigenvalue weighted by Gasteiger charge is 2.17. The van der Waals surface area contributed by atoms with Crippen LogP contribution >= 0.6 is 0 Å². The number of H-pyrrole nitrogens is 1. The first kappa shape index (κ1) is 10.9. The van der Waals surface area contributed by atoms with Gasteiger partial charge in [0.15, 0.2) is 0 Å². The van der Waals surface area contributed by atoms with E-state index in [1.807, 2.05) is 0 Å². The Morgan fingerprint density at radius 3 is 2.81 bits per heavy atom. The molecule has 1 aromatic rings. The van der Waals surface area contributed by atoms with E-state index >= 15 is 0 Å². The van der Waals surface area contributed by atoms with Gasteiger partial charge in [-0.15, -0.1) is 0 Å². The number of aromatic amines is 1. The van der Waals surface area contributed by atoms with Gasteiger partial charge in [-0.25, -0.2) is 4.79 Å². The van der Waals surface area contributed by atoms with Crippen LogP contribution in [-0.4, -0.2) is 29.1 Å². The average Bonchev–Trinajstić information content (AvgIpc) is 2.29. The van der Waals surface area contributed by atoms with Crippen LogP contribution < -0.4 is 10.9 Å². The molecule has 0 amide bonds. The van der Waals surface area contributed by atoms with E-state index in [9.17, 15) is 9.59 Å². The van der Waals surface area contributed by atoms with Crippen molar-refractivity contribution in [2.24, 2.45) is 0 Å². The molecule has 0 aromatic carbocycles. The third-order valence-electron chi connectivity index (χ3n) is 2.90. The first-order valence-corrected chi connectivity index (χ1v) is 5.35. The van der Waals surface area contributed by atoms with Crippen LogP contribution in [0.25, 0.3) is 0 Å². The van der Waals surface area contributed by atoms with Gasteiger partial charge in [0.25, 0.3) is 5.56 Å². The Morgan fingerprint density at radius 2 is 2.25 bits per heavy atom. The maximum Gasteiger partial charge on any atom is 0.341 e. The number of aromatic nitrogens is 1. The molecule has 2 rings (SSSR count). The quantitative estimate of drug-likeness (QED) is 0.682. The zero-order chi connectivity index (χ0) is 11.5. The Kier molecular flexibility index (Phi) is 3.05. The van der Waals surface area contributed by atoms with Gasteiger partial charge < -0.3 is 15.4 Å². The molecule has 3 N–H and O–H groups in total.